The SMILES string of the molecule is CCOc1cc(C(=O)NC(C)C)c([N+](=O)[O-])cc1OC. The van der Waals surface area contributed by atoms with Crippen molar-refractivity contribution in [3.05, 3.63) is 27.8 Å². The van der Waals surface area contributed by atoms with E-state index in [0.717, 1.165) is 0 Å². The van der Waals surface area contributed by atoms with Crippen LogP contribution in [0.5, 0.6) is 11.5 Å². The molecule has 0 aliphatic heterocycles. The van der Waals surface area contributed by atoms with Gasteiger partial charge in [0, 0.05) is 12.1 Å². The third-order valence-corrected chi connectivity index (χ3v) is 2.44. The second-order valence-electron chi connectivity index (χ2n) is 4.34. The molecule has 0 unspecified atom stereocenters. The number of ether oxygens (including phenoxy) is 2. The van der Waals surface area contributed by atoms with E-state index in [9.17, 15) is 14.9 Å². The van der Waals surface area contributed by atoms with Gasteiger partial charge in [-0.3, -0.25) is 14.9 Å². The van der Waals surface area contributed by atoms with Crippen LogP contribution in [0.4, 0.5) is 5.69 Å². The first-order valence-corrected chi connectivity index (χ1v) is 6.20. The number of nitrogens with one attached hydrogen (secondary N) is 1. The molecule has 0 aliphatic carbocycles. The molecule has 0 aliphatic rings. The summed E-state index contributed by atoms with van der Waals surface area (Å²) < 4.78 is 10.4. The van der Waals surface area contributed by atoms with Crippen molar-refractivity contribution in [3.8, 4) is 11.5 Å². The molecule has 0 saturated carbocycles. The second-order valence-corrected chi connectivity index (χ2v) is 4.34. The number of carbonyl (C=O) groups is 1. The van der Waals surface area contributed by atoms with Gasteiger partial charge in [0.15, 0.2) is 11.5 Å². The molecule has 1 amide bonds. The molecule has 7 heteroatoms. The predicted molar refractivity (Wildman–Crippen MR) is 73.4 cm³/mol. The lowest BCUT2D eigenvalue weighted by molar-refractivity contribution is -0.385. The highest BCUT2D eigenvalue weighted by Gasteiger charge is 2.24. The summed E-state index contributed by atoms with van der Waals surface area (Å²) in [5.74, 6) is 0.00413. The first-order valence-electron chi connectivity index (χ1n) is 6.20. The second kappa shape index (κ2) is 6.74. The Bertz CT molecular complexity index is 514. The molecule has 110 valence electrons. The van der Waals surface area contributed by atoms with Gasteiger partial charge >= 0.3 is 0 Å². The molecular formula is C13H18N2O5. The summed E-state index contributed by atoms with van der Waals surface area (Å²) in [6.45, 7) is 5.68. The summed E-state index contributed by atoms with van der Waals surface area (Å²) in [6.07, 6.45) is 0. The highest BCUT2D eigenvalue weighted by Crippen LogP contribution is 2.34. The summed E-state index contributed by atoms with van der Waals surface area (Å²) in [7, 11) is 1.38. The minimum absolute atomic E-state index is 0.0482. The van der Waals surface area contributed by atoms with Crippen molar-refractivity contribution in [1.82, 2.24) is 5.32 Å². The Labute approximate surface area is 117 Å². The highest BCUT2D eigenvalue weighted by atomic mass is 16.6. The standard InChI is InChI=1S/C13H18N2O5/c1-5-20-12-6-9(13(16)14-8(2)3)10(15(17)18)7-11(12)19-4/h6-8H,5H2,1-4H3,(H,14,16). The minimum atomic E-state index is -0.618. The molecule has 0 aromatic heterocycles. The lowest BCUT2D eigenvalue weighted by atomic mass is 10.1. The van der Waals surface area contributed by atoms with E-state index in [0.29, 0.717) is 12.4 Å². The fourth-order valence-electron chi connectivity index (χ4n) is 1.65. The molecule has 1 aromatic rings. The molecular weight excluding hydrogens is 264 g/mol. The average molecular weight is 282 g/mol. The fourth-order valence-corrected chi connectivity index (χ4v) is 1.65. The Morgan fingerprint density at radius 3 is 2.50 bits per heavy atom. The Morgan fingerprint density at radius 2 is 2.05 bits per heavy atom. The number of methoxy groups -OCH3 is 1. The van der Waals surface area contributed by atoms with E-state index in [-0.39, 0.29) is 23.0 Å². The Morgan fingerprint density at radius 1 is 1.40 bits per heavy atom. The first-order chi connectivity index (χ1) is 9.40. The molecule has 1 N–H and O–H groups in total. The third-order valence-electron chi connectivity index (χ3n) is 2.44. The van der Waals surface area contributed by atoms with Gasteiger partial charge in [0.05, 0.1) is 24.7 Å². The molecule has 0 saturated heterocycles. The highest BCUT2D eigenvalue weighted by molar-refractivity contribution is 5.99. The van der Waals surface area contributed by atoms with Crippen molar-refractivity contribution in [2.45, 2.75) is 26.8 Å². The van der Waals surface area contributed by atoms with Crippen LogP contribution in [0, 0.1) is 10.1 Å². The van der Waals surface area contributed by atoms with E-state index in [4.69, 9.17) is 9.47 Å². The van der Waals surface area contributed by atoms with Crippen molar-refractivity contribution in [3.63, 3.8) is 0 Å². The Kier molecular flexibility index (Phi) is 5.31. The molecule has 0 atom stereocenters. The Hall–Kier alpha value is -2.31. The maximum Gasteiger partial charge on any atom is 0.286 e. The van der Waals surface area contributed by atoms with Gasteiger partial charge in [-0.25, -0.2) is 0 Å². The van der Waals surface area contributed by atoms with E-state index in [1.807, 2.05) is 0 Å². The molecule has 1 rings (SSSR count). The van der Waals surface area contributed by atoms with Gasteiger partial charge < -0.3 is 14.8 Å². The van der Waals surface area contributed by atoms with Crippen LogP contribution in [0.2, 0.25) is 0 Å². The van der Waals surface area contributed by atoms with Gasteiger partial charge in [-0.1, -0.05) is 0 Å². The summed E-state index contributed by atoms with van der Waals surface area (Å²) in [5.41, 5.74) is -0.364. The summed E-state index contributed by atoms with van der Waals surface area (Å²) in [6, 6.07) is 2.40. The number of rotatable bonds is 6. The molecule has 20 heavy (non-hydrogen) atoms. The summed E-state index contributed by atoms with van der Waals surface area (Å²) in [4.78, 5) is 22.5. The number of hydrogen-bond donors (Lipinski definition) is 1. The summed E-state index contributed by atoms with van der Waals surface area (Å²) >= 11 is 0. The monoisotopic (exact) mass is 282 g/mol. The lowest BCUT2D eigenvalue weighted by Crippen LogP contribution is -2.30. The molecule has 0 bridgehead atoms. The molecule has 0 radical (unpaired) electrons. The first kappa shape index (κ1) is 15.7. The van der Waals surface area contributed by atoms with Gasteiger partial charge in [0.25, 0.3) is 11.6 Å². The number of nitrogens with zero attached hydrogens (tertiary/aromatic N) is 1. The molecule has 0 fully saturated rings. The number of amides is 1. The topological polar surface area (TPSA) is 90.7 Å². The largest absolute Gasteiger partial charge is 0.493 e. The van der Waals surface area contributed by atoms with Gasteiger partial charge in [-0.05, 0) is 20.8 Å². The van der Waals surface area contributed by atoms with Crippen LogP contribution in [0.15, 0.2) is 12.1 Å². The molecule has 0 heterocycles. The molecule has 1 aromatic carbocycles. The zero-order chi connectivity index (χ0) is 15.3. The van der Waals surface area contributed by atoms with Crippen LogP contribution in [-0.4, -0.2) is 30.6 Å². The van der Waals surface area contributed by atoms with Crippen LogP contribution in [0.25, 0.3) is 0 Å². The fraction of sp³-hybridized carbons (Fsp3) is 0.462. The summed E-state index contributed by atoms with van der Waals surface area (Å²) in [5, 5.41) is 13.7. The van der Waals surface area contributed by atoms with Crippen molar-refractivity contribution in [2.24, 2.45) is 0 Å². The van der Waals surface area contributed by atoms with E-state index in [1.54, 1.807) is 20.8 Å². The Balaban J connectivity index is 3.35. The molecule has 0 spiro atoms. The van der Waals surface area contributed by atoms with Crippen molar-refractivity contribution in [1.29, 1.82) is 0 Å². The molecule has 7 nitrogen and oxygen atoms in total. The van der Waals surface area contributed by atoms with Crippen LogP contribution in [0.3, 0.4) is 0 Å². The number of carbonyl (C=O) groups excluding carboxylic acids is 1. The van der Waals surface area contributed by atoms with Crippen molar-refractivity contribution in [2.75, 3.05) is 13.7 Å². The van der Waals surface area contributed by atoms with Crippen molar-refractivity contribution >= 4 is 11.6 Å². The number of hydrogen-bond acceptors (Lipinski definition) is 5. The maximum atomic E-state index is 12.0. The van der Waals surface area contributed by atoms with Crippen molar-refractivity contribution < 1.29 is 19.2 Å². The number of nitro groups is 1. The smallest absolute Gasteiger partial charge is 0.286 e. The maximum absolute atomic E-state index is 12.0. The zero-order valence-corrected chi connectivity index (χ0v) is 11.9. The van der Waals surface area contributed by atoms with E-state index in [2.05, 4.69) is 5.32 Å². The van der Waals surface area contributed by atoms with E-state index in [1.165, 1.54) is 19.2 Å². The van der Waals surface area contributed by atoms with Crippen LogP contribution in [-0.2, 0) is 0 Å². The predicted octanol–water partition coefficient (Wildman–Crippen LogP) is 2.14. The third kappa shape index (κ3) is 3.59. The van der Waals surface area contributed by atoms with Gasteiger partial charge in [0.1, 0.15) is 5.56 Å². The van der Waals surface area contributed by atoms with E-state index >= 15 is 0 Å². The van der Waals surface area contributed by atoms with Gasteiger partial charge in [0.2, 0.25) is 0 Å². The zero-order valence-electron chi connectivity index (χ0n) is 11.9. The van der Waals surface area contributed by atoms with Crippen LogP contribution in [0.1, 0.15) is 31.1 Å². The quantitative estimate of drug-likeness (QED) is 0.637. The van der Waals surface area contributed by atoms with Crippen LogP contribution >= 0.6 is 0 Å². The van der Waals surface area contributed by atoms with Gasteiger partial charge in [-0.15, -0.1) is 0 Å². The lowest BCUT2D eigenvalue weighted by Gasteiger charge is -2.13. The number of benzene rings is 1. The normalized spacial score (nSPS) is 10.2. The van der Waals surface area contributed by atoms with E-state index < -0.39 is 10.8 Å². The average Bonchev–Trinajstić information content (AvgIpc) is 2.37. The van der Waals surface area contributed by atoms with Gasteiger partial charge in [-0.2, -0.15) is 0 Å². The number of nitro benzene ring substituents is 1. The van der Waals surface area contributed by atoms with Crippen LogP contribution < -0.4 is 14.8 Å². The minimum Gasteiger partial charge on any atom is -0.493 e.